The molecule has 4 atom stereocenters. The molecule has 1 aromatic heterocycles. The molecule has 4 aliphatic carbocycles. The number of hydrogen-bond donors (Lipinski definition) is 1. The van der Waals surface area contributed by atoms with Gasteiger partial charge in [0.2, 0.25) is 0 Å². The van der Waals surface area contributed by atoms with Crippen LogP contribution in [0.3, 0.4) is 0 Å². The van der Waals surface area contributed by atoms with Gasteiger partial charge in [0.15, 0.2) is 0 Å². The Bertz CT molecular complexity index is 548. The number of H-pyrrole nitrogens is 1. The minimum Gasteiger partial charge on any atom is -0.861 e. The summed E-state index contributed by atoms with van der Waals surface area (Å²) in [5.74, 6) is 0.826. The molecule has 1 heterocycles. The molecule has 6 heteroatoms. The van der Waals surface area contributed by atoms with Gasteiger partial charge in [-0.25, -0.2) is 4.99 Å². The van der Waals surface area contributed by atoms with Gasteiger partial charge >= 0.3 is 0 Å². The molecule has 0 aliphatic heterocycles. The van der Waals surface area contributed by atoms with Gasteiger partial charge in [-0.3, -0.25) is 0 Å². The van der Waals surface area contributed by atoms with Gasteiger partial charge in [0.05, 0.1) is 0 Å². The van der Waals surface area contributed by atoms with E-state index in [1.807, 2.05) is 0 Å². The van der Waals surface area contributed by atoms with E-state index in [4.69, 9.17) is 0 Å². The summed E-state index contributed by atoms with van der Waals surface area (Å²) >= 11 is 0. The normalized spacial score (nSPS) is 46.9. The maximum atomic E-state index is 12.8. The predicted molar refractivity (Wildman–Crippen MR) is 71.1 cm³/mol. The van der Waals surface area contributed by atoms with Crippen LogP contribution >= 0.6 is 0 Å². The lowest BCUT2D eigenvalue weighted by Gasteiger charge is -2.66. The summed E-state index contributed by atoms with van der Waals surface area (Å²) in [6.07, 6.45) is 6.77. The third-order valence-corrected chi connectivity index (χ3v) is 5.62. The molecule has 108 valence electrons. The molecule has 2 unspecified atom stereocenters. The van der Waals surface area contributed by atoms with Gasteiger partial charge in [-0.2, -0.15) is 5.21 Å². The van der Waals surface area contributed by atoms with Crippen LogP contribution in [-0.2, 0) is 0 Å². The first-order valence-electron chi connectivity index (χ1n) is 7.40. The van der Waals surface area contributed by atoms with Gasteiger partial charge in [-0.1, -0.05) is 18.9 Å². The number of aliphatic imine (C=N–C) groups is 1. The van der Waals surface area contributed by atoms with Gasteiger partial charge in [-0.15, -0.1) is 5.10 Å². The van der Waals surface area contributed by atoms with E-state index in [0.29, 0.717) is 16.7 Å². The third kappa shape index (κ3) is 1.70. The number of rotatable bonds is 2. The van der Waals surface area contributed by atoms with Crippen LogP contribution in [-0.4, -0.2) is 26.5 Å². The van der Waals surface area contributed by atoms with Gasteiger partial charge in [0.25, 0.3) is 5.95 Å². The first kappa shape index (κ1) is 12.3. The summed E-state index contributed by atoms with van der Waals surface area (Å²) in [5.41, 5.74) is 0.358. The topological polar surface area (TPSA) is 89.9 Å². The van der Waals surface area contributed by atoms with Crippen molar-refractivity contribution in [2.75, 3.05) is 0 Å². The fraction of sp³-hybridized carbons (Fsp3) is 0.857. The minimum atomic E-state index is -0.274. The molecule has 4 saturated carbocycles. The molecule has 0 aromatic carbocycles. The lowest BCUT2D eigenvalue weighted by molar-refractivity contribution is -0.250. The number of tetrazole rings is 1. The lowest BCUT2D eigenvalue weighted by atomic mass is 9.40. The van der Waals surface area contributed by atoms with E-state index < -0.39 is 0 Å². The van der Waals surface area contributed by atoms with Gasteiger partial charge in [0.1, 0.15) is 0 Å². The van der Waals surface area contributed by atoms with Crippen molar-refractivity contribution in [1.82, 2.24) is 20.6 Å². The average Bonchev–Trinajstić information content (AvgIpc) is 2.76. The van der Waals surface area contributed by atoms with E-state index in [0.717, 1.165) is 19.3 Å². The number of hydrogen-bond acceptors (Lipinski definition) is 5. The molecule has 1 aromatic rings. The zero-order valence-corrected chi connectivity index (χ0v) is 12.0. The summed E-state index contributed by atoms with van der Waals surface area (Å²) in [5, 5.41) is 26.1. The molecule has 1 N–H and O–H groups in total. The highest BCUT2D eigenvalue weighted by Gasteiger charge is 2.60. The van der Waals surface area contributed by atoms with Crippen LogP contribution in [0.1, 0.15) is 52.4 Å². The number of nitrogens with zero attached hydrogens (tertiary/aromatic N) is 4. The van der Waals surface area contributed by atoms with Gasteiger partial charge < -0.3 is 5.11 Å². The van der Waals surface area contributed by atoms with E-state index in [1.165, 1.54) is 19.3 Å². The number of nitrogens with one attached hydrogen (secondary N) is 1. The molecule has 20 heavy (non-hydrogen) atoms. The quantitative estimate of drug-likeness (QED) is 0.655. The van der Waals surface area contributed by atoms with Crippen LogP contribution in [0.5, 0.6) is 0 Å². The molecule has 6 nitrogen and oxygen atoms in total. The average molecular weight is 274 g/mol. The maximum absolute atomic E-state index is 12.8. The van der Waals surface area contributed by atoms with Crippen molar-refractivity contribution in [3.8, 4) is 0 Å². The Hall–Kier alpha value is -1.46. The fourth-order valence-electron chi connectivity index (χ4n) is 6.10. The first-order valence-corrected chi connectivity index (χ1v) is 7.40. The second-order valence-corrected chi connectivity index (χ2v) is 8.04. The van der Waals surface area contributed by atoms with Crippen molar-refractivity contribution in [1.29, 1.82) is 0 Å². The maximum Gasteiger partial charge on any atom is 0.287 e. The van der Waals surface area contributed by atoms with Crippen LogP contribution in [0.4, 0.5) is 5.95 Å². The van der Waals surface area contributed by atoms with E-state index in [2.05, 4.69) is 39.5 Å². The Morgan fingerprint density at radius 2 is 1.90 bits per heavy atom. The number of aromatic nitrogens is 4. The Balaban J connectivity index is 1.74. The molecule has 4 bridgehead atoms. The molecular weight excluding hydrogens is 254 g/mol. The lowest BCUT2D eigenvalue weighted by Crippen LogP contribution is -2.59. The summed E-state index contributed by atoms with van der Waals surface area (Å²) in [7, 11) is 0. The fourth-order valence-corrected chi connectivity index (χ4v) is 6.10. The van der Waals surface area contributed by atoms with Crippen LogP contribution in [0.2, 0.25) is 0 Å². The summed E-state index contributed by atoms with van der Waals surface area (Å²) in [4.78, 5) is 4.12. The van der Waals surface area contributed by atoms with E-state index in [1.54, 1.807) is 0 Å². The Morgan fingerprint density at radius 3 is 2.45 bits per heavy atom. The zero-order chi connectivity index (χ0) is 14.0. The minimum absolute atomic E-state index is 0.0274. The molecule has 0 amide bonds. The zero-order valence-electron chi connectivity index (χ0n) is 12.0. The Kier molecular flexibility index (Phi) is 2.21. The summed E-state index contributed by atoms with van der Waals surface area (Å²) in [6.45, 7) is 4.71. The van der Waals surface area contributed by atoms with Crippen molar-refractivity contribution in [3.05, 3.63) is 0 Å². The van der Waals surface area contributed by atoms with E-state index >= 15 is 0 Å². The predicted octanol–water partition coefficient (Wildman–Crippen LogP) is 1.59. The van der Waals surface area contributed by atoms with Crippen molar-refractivity contribution < 1.29 is 5.11 Å². The Morgan fingerprint density at radius 1 is 1.20 bits per heavy atom. The van der Waals surface area contributed by atoms with Crippen LogP contribution < -0.4 is 5.11 Å². The molecule has 4 fully saturated rings. The highest BCUT2D eigenvalue weighted by Crippen LogP contribution is 2.69. The molecule has 5 rings (SSSR count). The number of aromatic amines is 1. The van der Waals surface area contributed by atoms with E-state index in [-0.39, 0.29) is 17.3 Å². The van der Waals surface area contributed by atoms with Crippen molar-refractivity contribution in [3.63, 3.8) is 0 Å². The van der Waals surface area contributed by atoms with Crippen molar-refractivity contribution >= 4 is 11.8 Å². The largest absolute Gasteiger partial charge is 0.861 e. The van der Waals surface area contributed by atoms with E-state index in [9.17, 15) is 5.11 Å². The molecular formula is C14H20N5O-. The summed E-state index contributed by atoms with van der Waals surface area (Å²) < 4.78 is 0. The smallest absolute Gasteiger partial charge is 0.287 e. The molecule has 0 spiro atoms. The SMILES string of the molecule is C[C@]12CC3CC(C([O-])=Nc4nn[nH]n4)(C1)C[C@@](C)(C3)C2. The third-order valence-electron chi connectivity index (χ3n) is 5.62. The first-order chi connectivity index (χ1) is 9.41. The molecule has 0 radical (unpaired) electrons. The van der Waals surface area contributed by atoms with Crippen LogP contribution in [0.15, 0.2) is 4.99 Å². The summed E-state index contributed by atoms with van der Waals surface area (Å²) in [6, 6.07) is 0. The highest BCUT2D eigenvalue weighted by molar-refractivity contribution is 5.81. The second-order valence-electron chi connectivity index (χ2n) is 8.04. The second kappa shape index (κ2) is 3.59. The molecule has 4 aliphatic rings. The van der Waals surface area contributed by atoms with Gasteiger partial charge in [0, 0.05) is 0 Å². The van der Waals surface area contributed by atoms with Crippen LogP contribution in [0, 0.1) is 22.2 Å². The van der Waals surface area contributed by atoms with Crippen molar-refractivity contribution in [2.45, 2.75) is 52.4 Å². The standard InChI is InChI=1S/C14H21N5O/c1-12-3-9-4-13(2,6-12)8-14(5-9,7-12)10(20)15-11-16-18-19-17-11/h9H,3-8H2,1-2H3,(H2,15,16,17,18,19,20)/p-1/t9?,12-,13+,14?. The molecule has 0 saturated heterocycles. The Labute approximate surface area is 118 Å². The van der Waals surface area contributed by atoms with Crippen molar-refractivity contribution in [2.24, 2.45) is 27.2 Å². The monoisotopic (exact) mass is 274 g/mol. The highest BCUT2D eigenvalue weighted by atomic mass is 16.3. The van der Waals surface area contributed by atoms with Gasteiger partial charge in [-0.05, 0) is 71.8 Å². The van der Waals surface area contributed by atoms with Crippen LogP contribution in [0.25, 0.3) is 0 Å².